The van der Waals surface area contributed by atoms with Gasteiger partial charge in [0.1, 0.15) is 5.78 Å². The van der Waals surface area contributed by atoms with Crippen molar-refractivity contribution in [2.45, 2.75) is 66.7 Å². The second-order valence-electron chi connectivity index (χ2n) is 18.8. The van der Waals surface area contributed by atoms with Crippen LogP contribution in [-0.4, -0.2) is 109 Å². The van der Waals surface area contributed by atoms with Crippen LogP contribution in [0.25, 0.3) is 5.59 Å². The number of hydrogen-bond acceptors (Lipinski definition) is 16. The molecule has 0 aliphatic carbocycles. The third-order valence-electron chi connectivity index (χ3n) is 12.7. The molecule has 2 aliphatic rings. The zero-order valence-electron chi connectivity index (χ0n) is 45.5. The largest absolute Gasteiger partial charge is 1.00 e. The van der Waals surface area contributed by atoms with E-state index in [-0.39, 0.29) is 86.8 Å². The van der Waals surface area contributed by atoms with Crippen molar-refractivity contribution in [3.63, 3.8) is 0 Å². The number of esters is 2. The smallest absolute Gasteiger partial charge is 0.488 e. The van der Waals surface area contributed by atoms with Crippen molar-refractivity contribution < 1.29 is 88.3 Å². The maximum Gasteiger partial charge on any atom is 1.00 e. The number of benzene rings is 6. The topological polar surface area (TPSA) is 261 Å². The molecule has 6 aromatic carbocycles. The van der Waals surface area contributed by atoms with Gasteiger partial charge in [-0.3, -0.25) is 28.8 Å². The maximum absolute atomic E-state index is 11.9. The Morgan fingerprint density at radius 3 is 0.728 bits per heavy atom. The number of rotatable bonds is 20. The summed E-state index contributed by atoms with van der Waals surface area (Å²) in [7, 11) is 0. The number of Topliss-reactive ketones (excluding diaryl/α,β-unsaturated/α-hetero) is 1. The molecule has 2 heterocycles. The number of nitrogens with two attached hydrogens (primary N) is 1. The number of nitrogens with zero attached hydrogens (tertiary/aromatic N) is 7. The Kier molecular flexibility index (Phi) is 26.6. The van der Waals surface area contributed by atoms with Crippen molar-refractivity contribution in [1.29, 1.82) is 0 Å². The molecule has 6 N–H and O–H groups in total. The van der Waals surface area contributed by atoms with Crippen LogP contribution in [-0.2, 0) is 76.8 Å². The molecule has 0 spiro atoms. The Labute approximate surface area is 495 Å². The minimum Gasteiger partial charge on any atom is -0.488 e. The summed E-state index contributed by atoms with van der Waals surface area (Å²) in [5, 5.41) is 34.1. The average molecular weight is 1120 g/mol. The number of aliphatic carboxylic acids is 3. The van der Waals surface area contributed by atoms with Crippen LogP contribution in [0.4, 0.5) is 34.1 Å². The van der Waals surface area contributed by atoms with Crippen molar-refractivity contribution in [3.8, 4) is 0 Å². The summed E-state index contributed by atoms with van der Waals surface area (Å²) in [6.45, 7) is 9.67. The van der Waals surface area contributed by atoms with Gasteiger partial charge in [0.15, 0.2) is 0 Å². The number of ether oxygens (including phenoxy) is 2. The summed E-state index contributed by atoms with van der Waals surface area (Å²) in [5.74, 6) is 1.07. The van der Waals surface area contributed by atoms with E-state index in [1.54, 1.807) is 20.8 Å². The van der Waals surface area contributed by atoms with E-state index in [9.17, 15) is 28.8 Å². The van der Waals surface area contributed by atoms with E-state index in [4.69, 9.17) is 30.0 Å². The van der Waals surface area contributed by atoms with E-state index in [1.807, 2.05) is 139 Å². The predicted octanol–water partition coefficient (Wildman–Crippen LogP) is 5.27. The Morgan fingerprint density at radius 2 is 0.568 bits per heavy atom. The summed E-state index contributed by atoms with van der Waals surface area (Å²) in [4.78, 5) is 81.8. The van der Waals surface area contributed by atoms with E-state index >= 15 is 0 Å². The predicted molar refractivity (Wildman–Crippen MR) is 308 cm³/mol. The molecule has 0 aromatic heterocycles. The molecular weight excluding hydrogens is 1050 g/mol. The molecule has 2 aliphatic heterocycles. The van der Waals surface area contributed by atoms with Crippen LogP contribution in [0.1, 0.15) is 61.6 Å². The van der Waals surface area contributed by atoms with Gasteiger partial charge in [0, 0.05) is 40.5 Å². The Balaban J connectivity index is 0.000000326. The molecule has 0 radical (unpaired) electrons. The van der Waals surface area contributed by atoms with E-state index in [0.717, 1.165) is 67.5 Å². The number of carbonyl (C=O) groups excluding carboxylic acids is 3. The minimum atomic E-state index is -0.879. The van der Waals surface area contributed by atoms with Gasteiger partial charge in [-0.2, -0.15) is 0 Å². The van der Waals surface area contributed by atoms with E-state index < -0.39 is 17.9 Å². The van der Waals surface area contributed by atoms with Gasteiger partial charge < -0.3 is 70.8 Å². The molecule has 424 valence electrons. The number of carboxylic acids is 3. The van der Waals surface area contributed by atoms with Crippen molar-refractivity contribution in [3.05, 3.63) is 185 Å². The molecule has 0 saturated carbocycles. The molecule has 8 rings (SSSR count). The molecular formula is C60H71N8NaO12. The van der Waals surface area contributed by atoms with Crippen LogP contribution < -0.4 is 64.8 Å². The van der Waals surface area contributed by atoms with Crippen molar-refractivity contribution in [1.82, 2.24) is 0 Å². The molecule has 0 unspecified atom stereocenters. The van der Waals surface area contributed by atoms with Crippen LogP contribution in [0.15, 0.2) is 146 Å². The fraction of sp³-hybridized carbons (Fsp3) is 0.300. The first-order chi connectivity index (χ1) is 38.0. The summed E-state index contributed by atoms with van der Waals surface area (Å²) in [6, 6.07) is 46.5. The summed E-state index contributed by atoms with van der Waals surface area (Å²) >= 11 is 0. The standard InChI is InChI=1S/C32H37N3O5.C27H27N3O6.CH4.H3N2O.Na/c1-4-39-31(37)19-26-8-14-29(15-9-26)34-21-33(28-12-6-25(7-13-28)18-24(3)36)22-35(23-34)30-16-10-27(11-17-30)20-32(38)40-5-2;31-25(32)13-19-1-7-22(8-2-19)28-16-29(23-9-3-20(4-10-23)14-26(33)34)18-30(17-28)24-11-5-21(6-12-24)15-27(35)36;;1-2-3;/h6-17H,4-5,18-23H2,1-3H3;1-12H,13-18H2,(H,31,32)(H,33,34)(H,35,36);1H4;3H,1H2;/q;;;-1;+1. The van der Waals surface area contributed by atoms with Gasteiger partial charge in [0.2, 0.25) is 0 Å². The molecule has 0 bridgehead atoms. The molecule has 20 nitrogen and oxygen atoms in total. The van der Waals surface area contributed by atoms with Gasteiger partial charge >= 0.3 is 59.4 Å². The van der Waals surface area contributed by atoms with Gasteiger partial charge in [-0.1, -0.05) is 80.2 Å². The van der Waals surface area contributed by atoms with Gasteiger partial charge in [-0.25, -0.2) is 0 Å². The second-order valence-corrected chi connectivity index (χ2v) is 18.8. The molecule has 0 atom stereocenters. The van der Waals surface area contributed by atoms with Crippen LogP contribution in [0.2, 0.25) is 0 Å². The molecule has 2 fully saturated rings. The fourth-order valence-electron chi connectivity index (χ4n) is 9.00. The van der Waals surface area contributed by atoms with Gasteiger partial charge in [0.05, 0.1) is 85.3 Å². The van der Waals surface area contributed by atoms with Gasteiger partial charge in [-0.15, -0.1) is 0 Å². The van der Waals surface area contributed by atoms with Crippen molar-refractivity contribution in [2.75, 3.05) is 82.6 Å². The number of ketones is 1. The monoisotopic (exact) mass is 1120 g/mol. The first-order valence-corrected chi connectivity index (χ1v) is 25.6. The minimum absolute atomic E-state index is 0. The normalized spacial score (nSPS) is 12.8. The number of carbonyl (C=O) groups is 6. The third kappa shape index (κ3) is 20.9. The number of carboxylic acid groups (broad SMARTS) is 3. The van der Waals surface area contributed by atoms with Crippen molar-refractivity contribution >= 4 is 69.8 Å². The van der Waals surface area contributed by atoms with Crippen LogP contribution >= 0.6 is 0 Å². The van der Waals surface area contributed by atoms with Crippen molar-refractivity contribution in [2.24, 2.45) is 5.84 Å². The summed E-state index contributed by atoms with van der Waals surface area (Å²) in [6.07, 6.45) is 0.806. The Morgan fingerprint density at radius 1 is 0.395 bits per heavy atom. The first kappa shape index (κ1) is 65.5. The maximum atomic E-state index is 11.9. The quantitative estimate of drug-likeness (QED) is 0.0282. The molecule has 21 heteroatoms. The third-order valence-corrected chi connectivity index (χ3v) is 12.7. The zero-order valence-corrected chi connectivity index (χ0v) is 47.5. The van der Waals surface area contributed by atoms with Crippen LogP contribution in [0.5, 0.6) is 0 Å². The first-order valence-electron chi connectivity index (χ1n) is 25.6. The van der Waals surface area contributed by atoms with Gasteiger partial charge in [-0.05, 0) is 127 Å². The molecule has 81 heavy (non-hydrogen) atoms. The van der Waals surface area contributed by atoms with E-state index in [1.165, 1.54) is 0 Å². The SMILES string of the molecule is C.CCOC(=O)Cc1ccc(N2CN(c3ccc(CC(C)=O)cc3)CN(c3ccc(CC(=O)OCC)cc3)C2)cc1.N[N-]O.O=C(O)Cc1ccc(N2CN(c3ccc(CC(=O)O)cc3)CN(c3ccc(CC(=O)O)cc3)C2)cc1.[Na+]. The summed E-state index contributed by atoms with van der Waals surface area (Å²) in [5.41, 5.74) is 12.9. The fourth-order valence-corrected chi connectivity index (χ4v) is 9.00. The zero-order chi connectivity index (χ0) is 56.8. The van der Waals surface area contributed by atoms with E-state index in [0.29, 0.717) is 59.6 Å². The summed E-state index contributed by atoms with van der Waals surface area (Å²) < 4.78 is 10.2. The van der Waals surface area contributed by atoms with Crippen LogP contribution in [0.3, 0.4) is 0 Å². The number of anilines is 6. The Hall–Kier alpha value is -7.98. The molecule has 2 saturated heterocycles. The second kappa shape index (κ2) is 32.9. The number of hydrogen-bond donors (Lipinski definition) is 5. The van der Waals surface area contributed by atoms with Gasteiger partial charge in [0.25, 0.3) is 0 Å². The van der Waals surface area contributed by atoms with E-state index in [2.05, 4.69) is 47.4 Å². The van der Waals surface area contributed by atoms with Crippen LogP contribution in [0, 0.1) is 0 Å². The Bertz CT molecular complexity index is 2720. The molecule has 0 amide bonds. The average Bonchev–Trinajstić information content (AvgIpc) is 3.50. The molecule has 6 aromatic rings.